The summed E-state index contributed by atoms with van der Waals surface area (Å²) in [4.78, 5) is 22.5. The Morgan fingerprint density at radius 2 is 1.88 bits per heavy atom. The molecule has 0 bridgehead atoms. The van der Waals surface area contributed by atoms with Gasteiger partial charge in [0.2, 0.25) is 15.5 Å². The van der Waals surface area contributed by atoms with Crippen molar-refractivity contribution < 1.29 is 18.8 Å². The van der Waals surface area contributed by atoms with Crippen molar-refractivity contribution >= 4 is 21.5 Å². The lowest BCUT2D eigenvalue weighted by atomic mass is 10.1. The molecule has 0 N–H and O–H groups in total. The molecule has 0 heterocycles. The number of ether oxygens (including phenoxy) is 1. The van der Waals surface area contributed by atoms with Crippen LogP contribution in [0.3, 0.4) is 0 Å². The molecule has 0 aromatic rings. The van der Waals surface area contributed by atoms with E-state index in [1.807, 2.05) is 6.92 Å². The average molecular weight is 246 g/mol. The Bertz CT molecular complexity index is 184. The molecule has 16 heavy (non-hydrogen) atoms. The molecular formula is C11H22O4Si. The van der Waals surface area contributed by atoms with E-state index in [4.69, 9.17) is 9.16 Å². The van der Waals surface area contributed by atoms with Gasteiger partial charge in [0.15, 0.2) is 0 Å². The van der Waals surface area contributed by atoms with Crippen LogP contribution in [0.1, 0.15) is 46.0 Å². The topological polar surface area (TPSA) is 52.6 Å². The Hall–Kier alpha value is -0.683. The quantitative estimate of drug-likeness (QED) is 0.329. The molecule has 0 radical (unpaired) electrons. The zero-order valence-corrected chi connectivity index (χ0v) is 11.7. The first-order valence-corrected chi connectivity index (χ1v) is 7.57. The van der Waals surface area contributed by atoms with Crippen LogP contribution in [0.15, 0.2) is 0 Å². The van der Waals surface area contributed by atoms with Gasteiger partial charge < -0.3 is 9.16 Å². The Labute approximate surface area is 99.6 Å². The smallest absolute Gasteiger partial charge is 0.360 e. The third kappa shape index (κ3) is 8.61. The highest BCUT2D eigenvalue weighted by Gasteiger charge is 2.13. The van der Waals surface area contributed by atoms with Crippen LogP contribution in [0.5, 0.6) is 0 Å². The Morgan fingerprint density at radius 1 is 1.12 bits per heavy atom. The van der Waals surface area contributed by atoms with Crippen molar-refractivity contribution in [3.05, 3.63) is 0 Å². The van der Waals surface area contributed by atoms with E-state index in [0.717, 1.165) is 25.7 Å². The highest BCUT2D eigenvalue weighted by Crippen LogP contribution is 2.03. The van der Waals surface area contributed by atoms with E-state index in [-0.39, 0.29) is 5.78 Å². The van der Waals surface area contributed by atoms with Crippen molar-refractivity contribution in [3.8, 4) is 0 Å². The van der Waals surface area contributed by atoms with Gasteiger partial charge in [0.05, 0.1) is 6.23 Å². The number of hydrogen-bond acceptors (Lipinski definition) is 4. The molecular weight excluding hydrogens is 224 g/mol. The second-order valence-corrected chi connectivity index (χ2v) is 4.67. The molecule has 5 heteroatoms. The molecule has 0 aliphatic carbocycles. The minimum absolute atomic E-state index is 0.321. The lowest BCUT2D eigenvalue weighted by Crippen LogP contribution is -2.21. The molecule has 0 spiro atoms. The van der Waals surface area contributed by atoms with Crippen molar-refractivity contribution in [3.63, 3.8) is 0 Å². The Morgan fingerprint density at radius 3 is 2.50 bits per heavy atom. The van der Waals surface area contributed by atoms with Crippen molar-refractivity contribution in [2.45, 2.75) is 46.0 Å². The van der Waals surface area contributed by atoms with Gasteiger partial charge in [-0.05, 0) is 13.3 Å². The van der Waals surface area contributed by atoms with Crippen LogP contribution in [0.4, 0.5) is 0 Å². The van der Waals surface area contributed by atoms with Gasteiger partial charge in [-0.2, -0.15) is 0 Å². The zero-order chi connectivity index (χ0) is 12.2. The number of rotatable bonds is 10. The highest BCUT2D eigenvalue weighted by atomic mass is 28.2. The maximum absolute atomic E-state index is 11.3. The standard InChI is InChI=1S/C11H22O4Si/c1-3-5-6-7-8-10(12)11(13)15-16-9-14-4-2/h3-9,16H2,1-2H3. The Kier molecular flexibility index (Phi) is 10.4. The largest absolute Gasteiger partial charge is 0.517 e. The van der Waals surface area contributed by atoms with E-state index in [2.05, 4.69) is 6.92 Å². The van der Waals surface area contributed by atoms with Crippen LogP contribution >= 0.6 is 0 Å². The van der Waals surface area contributed by atoms with Crippen molar-refractivity contribution in [1.82, 2.24) is 0 Å². The summed E-state index contributed by atoms with van der Waals surface area (Å²) in [5.41, 5.74) is 0. The average Bonchev–Trinajstić information content (AvgIpc) is 2.29. The number of carbonyl (C=O) groups excluding carboxylic acids is 2. The number of hydrogen-bond donors (Lipinski definition) is 0. The molecule has 0 aromatic heterocycles. The van der Waals surface area contributed by atoms with Gasteiger partial charge >= 0.3 is 5.97 Å². The van der Waals surface area contributed by atoms with Crippen LogP contribution < -0.4 is 0 Å². The molecule has 4 nitrogen and oxygen atoms in total. The fraction of sp³-hybridized carbons (Fsp3) is 0.818. The van der Waals surface area contributed by atoms with Gasteiger partial charge in [-0.25, -0.2) is 4.79 Å². The fourth-order valence-corrected chi connectivity index (χ4v) is 2.07. The van der Waals surface area contributed by atoms with Crippen LogP contribution in [0, 0.1) is 0 Å². The van der Waals surface area contributed by atoms with Gasteiger partial charge in [0.25, 0.3) is 0 Å². The SMILES string of the molecule is CCCCCCC(=O)C(=O)O[SiH2]COCC. The summed E-state index contributed by atoms with van der Waals surface area (Å²) in [5.74, 6) is -1.05. The Balaban J connectivity index is 3.46. The molecule has 0 saturated carbocycles. The number of unbranched alkanes of at least 4 members (excludes halogenated alkanes) is 3. The van der Waals surface area contributed by atoms with E-state index in [0.29, 0.717) is 19.3 Å². The molecule has 0 aliphatic heterocycles. The maximum Gasteiger partial charge on any atom is 0.360 e. The maximum atomic E-state index is 11.3. The van der Waals surface area contributed by atoms with Gasteiger partial charge in [-0.1, -0.05) is 26.2 Å². The second kappa shape index (κ2) is 10.8. The molecule has 0 saturated heterocycles. The van der Waals surface area contributed by atoms with Crippen molar-refractivity contribution in [2.24, 2.45) is 0 Å². The normalized spacial score (nSPS) is 10.9. The van der Waals surface area contributed by atoms with Crippen molar-refractivity contribution in [1.29, 1.82) is 0 Å². The minimum atomic E-state index is -1.02. The van der Waals surface area contributed by atoms with E-state index in [9.17, 15) is 9.59 Å². The molecule has 0 rings (SSSR count). The lowest BCUT2D eigenvalue weighted by Gasteiger charge is -2.03. The minimum Gasteiger partial charge on any atom is -0.517 e. The third-order valence-corrected chi connectivity index (χ3v) is 3.07. The van der Waals surface area contributed by atoms with E-state index in [1.165, 1.54) is 0 Å². The van der Waals surface area contributed by atoms with Crippen LogP contribution in [0.25, 0.3) is 0 Å². The van der Waals surface area contributed by atoms with Crippen LogP contribution in [-0.4, -0.2) is 34.4 Å². The van der Waals surface area contributed by atoms with Crippen LogP contribution in [0.2, 0.25) is 0 Å². The monoisotopic (exact) mass is 246 g/mol. The summed E-state index contributed by atoms with van der Waals surface area (Å²) in [6, 6.07) is 0. The predicted octanol–water partition coefficient (Wildman–Crippen LogP) is 1.15. The van der Waals surface area contributed by atoms with E-state index in [1.54, 1.807) is 0 Å². The third-order valence-electron chi connectivity index (χ3n) is 2.15. The molecule has 0 atom stereocenters. The summed E-state index contributed by atoms with van der Waals surface area (Å²) in [5, 5.41) is 0. The van der Waals surface area contributed by atoms with Gasteiger partial charge in [-0.3, -0.25) is 4.79 Å². The molecule has 0 aliphatic rings. The first-order valence-electron chi connectivity index (χ1n) is 6.00. The molecule has 0 unspecified atom stereocenters. The predicted molar refractivity (Wildman–Crippen MR) is 64.9 cm³/mol. The second-order valence-electron chi connectivity index (χ2n) is 3.57. The zero-order valence-electron chi connectivity index (χ0n) is 10.3. The summed E-state index contributed by atoms with van der Waals surface area (Å²) in [7, 11) is -1.02. The summed E-state index contributed by atoms with van der Waals surface area (Å²) in [6.07, 6.45) is 4.84. The summed E-state index contributed by atoms with van der Waals surface area (Å²) < 4.78 is 9.94. The molecule has 94 valence electrons. The first kappa shape index (κ1) is 15.3. The fourth-order valence-electron chi connectivity index (χ4n) is 1.23. The highest BCUT2D eigenvalue weighted by molar-refractivity contribution is 6.42. The molecule has 0 aromatic carbocycles. The first-order chi connectivity index (χ1) is 7.72. The van der Waals surface area contributed by atoms with E-state index < -0.39 is 15.7 Å². The van der Waals surface area contributed by atoms with Crippen molar-refractivity contribution in [2.75, 3.05) is 12.8 Å². The van der Waals surface area contributed by atoms with Crippen LogP contribution in [-0.2, 0) is 18.8 Å². The van der Waals surface area contributed by atoms with Gasteiger partial charge in [0.1, 0.15) is 0 Å². The molecule has 0 amide bonds. The van der Waals surface area contributed by atoms with Gasteiger partial charge in [0, 0.05) is 13.0 Å². The summed E-state index contributed by atoms with van der Waals surface area (Å²) in [6.45, 7) is 4.61. The summed E-state index contributed by atoms with van der Waals surface area (Å²) >= 11 is 0. The van der Waals surface area contributed by atoms with E-state index >= 15 is 0 Å². The number of ketones is 1. The molecule has 0 fully saturated rings. The van der Waals surface area contributed by atoms with Gasteiger partial charge in [-0.15, -0.1) is 0 Å². The number of Topliss-reactive ketones (excluding diaryl/α,β-unsaturated/α-hetero) is 1. The lowest BCUT2D eigenvalue weighted by molar-refractivity contribution is -0.147. The number of carbonyl (C=O) groups is 2.